The molecule has 4 rings (SSSR count). The number of nitrogens with zero attached hydrogens (tertiary/aromatic N) is 2. The highest BCUT2D eigenvalue weighted by atomic mass is 35.5. The number of amides is 1. The van der Waals surface area contributed by atoms with Crippen molar-refractivity contribution in [1.82, 2.24) is 9.78 Å². The molecule has 1 fully saturated rings. The first-order chi connectivity index (χ1) is 13.0. The summed E-state index contributed by atoms with van der Waals surface area (Å²) in [6.45, 7) is 1.87. The van der Waals surface area contributed by atoms with Crippen molar-refractivity contribution in [3.8, 4) is 16.3 Å². The number of carbonyl (C=O) groups excluding carboxylic acids is 1. The summed E-state index contributed by atoms with van der Waals surface area (Å²) >= 11 is 14.2. The number of thiophene rings is 1. The maximum Gasteiger partial charge on any atom is 0.269 e. The van der Waals surface area contributed by atoms with Crippen LogP contribution in [0.4, 0.5) is 0 Å². The van der Waals surface area contributed by atoms with Gasteiger partial charge in [0.1, 0.15) is 0 Å². The van der Waals surface area contributed by atoms with E-state index < -0.39 is 5.91 Å². The largest absolute Gasteiger partial charge is 0.364 e. The van der Waals surface area contributed by atoms with Crippen LogP contribution in [-0.4, -0.2) is 15.7 Å². The van der Waals surface area contributed by atoms with Crippen molar-refractivity contribution in [2.75, 3.05) is 0 Å². The summed E-state index contributed by atoms with van der Waals surface area (Å²) in [5, 5.41) is 5.49. The average molecular weight is 420 g/mol. The minimum Gasteiger partial charge on any atom is -0.364 e. The maximum absolute atomic E-state index is 11.9. The van der Waals surface area contributed by atoms with Gasteiger partial charge < -0.3 is 5.73 Å². The Kier molecular flexibility index (Phi) is 5.01. The highest BCUT2D eigenvalue weighted by molar-refractivity contribution is 7.15. The van der Waals surface area contributed by atoms with Crippen LogP contribution < -0.4 is 5.73 Å². The number of hydrogen-bond acceptors (Lipinski definition) is 3. The van der Waals surface area contributed by atoms with Crippen molar-refractivity contribution < 1.29 is 4.79 Å². The lowest BCUT2D eigenvalue weighted by Gasteiger charge is -2.10. The zero-order valence-electron chi connectivity index (χ0n) is 14.8. The van der Waals surface area contributed by atoms with Gasteiger partial charge in [0.05, 0.1) is 21.3 Å². The lowest BCUT2D eigenvalue weighted by Crippen LogP contribution is -2.13. The zero-order chi connectivity index (χ0) is 19.1. The molecule has 0 bridgehead atoms. The van der Waals surface area contributed by atoms with Gasteiger partial charge in [-0.3, -0.25) is 4.79 Å². The van der Waals surface area contributed by atoms with Crippen LogP contribution in [0.25, 0.3) is 16.3 Å². The normalized spacial score (nSPS) is 14.8. The summed E-state index contributed by atoms with van der Waals surface area (Å²) in [6.07, 6.45) is 5.07. The SMILES string of the molecule is Cc1c(C(N)=O)nn(-c2ccc(Cl)cc2Cl)c1-c1ccc(C2CCCC2)s1. The Morgan fingerprint density at radius 1 is 1.22 bits per heavy atom. The second kappa shape index (κ2) is 7.30. The van der Waals surface area contributed by atoms with E-state index in [2.05, 4.69) is 17.2 Å². The molecule has 0 spiro atoms. The molecular weight excluding hydrogens is 401 g/mol. The van der Waals surface area contributed by atoms with Crippen molar-refractivity contribution in [3.05, 3.63) is 56.5 Å². The van der Waals surface area contributed by atoms with Gasteiger partial charge in [0.2, 0.25) is 0 Å². The van der Waals surface area contributed by atoms with Crippen molar-refractivity contribution in [2.24, 2.45) is 5.73 Å². The van der Waals surface area contributed by atoms with Crippen LogP contribution in [-0.2, 0) is 0 Å². The van der Waals surface area contributed by atoms with E-state index in [0.29, 0.717) is 21.7 Å². The number of primary amides is 1. The Balaban J connectivity index is 1.87. The highest BCUT2D eigenvalue weighted by Gasteiger charge is 2.25. The summed E-state index contributed by atoms with van der Waals surface area (Å²) in [5.74, 6) is 0.0836. The van der Waals surface area contributed by atoms with Crippen LogP contribution in [0.3, 0.4) is 0 Å². The summed E-state index contributed by atoms with van der Waals surface area (Å²) in [6, 6.07) is 9.53. The molecule has 0 saturated heterocycles. The number of rotatable bonds is 4. The Morgan fingerprint density at radius 3 is 2.63 bits per heavy atom. The van der Waals surface area contributed by atoms with E-state index in [9.17, 15) is 4.79 Å². The first kappa shape index (κ1) is 18.5. The Hall–Kier alpha value is -1.82. The molecule has 1 aliphatic rings. The third-order valence-electron chi connectivity index (χ3n) is 5.11. The first-order valence-corrected chi connectivity index (χ1v) is 10.5. The molecule has 3 aromatic rings. The third-order valence-corrected chi connectivity index (χ3v) is 6.90. The van der Waals surface area contributed by atoms with Gasteiger partial charge in [0, 0.05) is 15.5 Å². The molecule has 0 unspecified atom stereocenters. The molecular formula is C20H19Cl2N3OS. The van der Waals surface area contributed by atoms with Gasteiger partial charge in [0.15, 0.2) is 5.69 Å². The number of benzene rings is 1. The van der Waals surface area contributed by atoms with Crippen molar-refractivity contribution in [1.29, 1.82) is 0 Å². The van der Waals surface area contributed by atoms with Crippen LogP contribution in [0.15, 0.2) is 30.3 Å². The molecule has 2 aromatic heterocycles. The highest BCUT2D eigenvalue weighted by Crippen LogP contribution is 2.42. The molecule has 27 heavy (non-hydrogen) atoms. The van der Waals surface area contributed by atoms with E-state index in [1.165, 1.54) is 30.6 Å². The van der Waals surface area contributed by atoms with E-state index >= 15 is 0 Å². The monoisotopic (exact) mass is 419 g/mol. The molecule has 140 valence electrons. The second-order valence-electron chi connectivity index (χ2n) is 6.88. The second-order valence-corrected chi connectivity index (χ2v) is 8.84. The van der Waals surface area contributed by atoms with E-state index in [1.54, 1.807) is 34.2 Å². The molecule has 1 saturated carbocycles. The van der Waals surface area contributed by atoms with Crippen LogP contribution in [0.1, 0.15) is 52.5 Å². The van der Waals surface area contributed by atoms with Crippen LogP contribution in [0.2, 0.25) is 10.0 Å². The first-order valence-electron chi connectivity index (χ1n) is 8.90. The van der Waals surface area contributed by atoms with Crippen LogP contribution in [0.5, 0.6) is 0 Å². The fourth-order valence-electron chi connectivity index (χ4n) is 3.76. The molecule has 1 aromatic carbocycles. The predicted octanol–water partition coefficient (Wildman–Crippen LogP) is 5.97. The minimum atomic E-state index is -0.551. The van der Waals surface area contributed by atoms with Crippen LogP contribution >= 0.6 is 34.5 Å². The van der Waals surface area contributed by atoms with Gasteiger partial charge in [0.25, 0.3) is 5.91 Å². The Labute approximate surface area is 171 Å². The standard InChI is InChI=1S/C20H19Cl2N3OS/c1-11-18(20(23)26)24-25(15-7-6-13(21)10-14(15)22)19(11)17-9-8-16(27-17)12-4-2-3-5-12/h6-10,12H,2-5H2,1H3,(H2,23,26). The Morgan fingerprint density at radius 2 is 1.96 bits per heavy atom. The molecule has 0 aliphatic heterocycles. The minimum absolute atomic E-state index is 0.256. The molecule has 0 atom stereocenters. The van der Waals surface area contributed by atoms with Gasteiger partial charge in [-0.1, -0.05) is 36.0 Å². The average Bonchev–Trinajstić information content (AvgIpc) is 3.33. The Bertz CT molecular complexity index is 1020. The molecule has 1 aliphatic carbocycles. The maximum atomic E-state index is 11.9. The lowest BCUT2D eigenvalue weighted by molar-refractivity contribution is 0.0994. The number of hydrogen-bond donors (Lipinski definition) is 1. The zero-order valence-corrected chi connectivity index (χ0v) is 17.2. The van der Waals surface area contributed by atoms with Crippen molar-refractivity contribution >= 4 is 40.4 Å². The van der Waals surface area contributed by atoms with Gasteiger partial charge >= 0.3 is 0 Å². The van der Waals surface area contributed by atoms with Gasteiger partial charge in [-0.2, -0.15) is 5.10 Å². The number of halogens is 2. The summed E-state index contributed by atoms with van der Waals surface area (Å²) in [7, 11) is 0. The number of aromatic nitrogens is 2. The summed E-state index contributed by atoms with van der Waals surface area (Å²) in [5.41, 5.74) is 8.09. The molecule has 0 radical (unpaired) electrons. The van der Waals surface area contributed by atoms with E-state index in [1.807, 2.05) is 6.92 Å². The van der Waals surface area contributed by atoms with Gasteiger partial charge in [-0.15, -0.1) is 11.3 Å². The molecule has 1 amide bonds. The van der Waals surface area contributed by atoms with Gasteiger partial charge in [-0.25, -0.2) is 4.68 Å². The summed E-state index contributed by atoms with van der Waals surface area (Å²) in [4.78, 5) is 14.3. The van der Waals surface area contributed by atoms with E-state index in [-0.39, 0.29) is 5.69 Å². The lowest BCUT2D eigenvalue weighted by atomic mass is 10.1. The van der Waals surface area contributed by atoms with Crippen molar-refractivity contribution in [3.63, 3.8) is 0 Å². The van der Waals surface area contributed by atoms with Crippen LogP contribution in [0, 0.1) is 6.92 Å². The van der Waals surface area contributed by atoms with E-state index in [4.69, 9.17) is 28.9 Å². The number of nitrogens with two attached hydrogens (primary N) is 1. The fraction of sp³-hybridized carbons (Fsp3) is 0.300. The fourth-order valence-corrected chi connectivity index (χ4v) is 5.51. The molecule has 2 N–H and O–H groups in total. The van der Waals surface area contributed by atoms with E-state index in [0.717, 1.165) is 16.1 Å². The third kappa shape index (κ3) is 3.40. The quantitative estimate of drug-likeness (QED) is 0.565. The summed E-state index contributed by atoms with van der Waals surface area (Å²) < 4.78 is 1.71. The number of carbonyl (C=O) groups is 1. The van der Waals surface area contributed by atoms with Crippen molar-refractivity contribution in [2.45, 2.75) is 38.5 Å². The predicted molar refractivity (Wildman–Crippen MR) is 111 cm³/mol. The topological polar surface area (TPSA) is 60.9 Å². The molecule has 7 heteroatoms. The smallest absolute Gasteiger partial charge is 0.269 e. The molecule has 4 nitrogen and oxygen atoms in total. The van der Waals surface area contributed by atoms with Gasteiger partial charge in [-0.05, 0) is 56.0 Å². The molecule has 2 heterocycles.